The van der Waals surface area contributed by atoms with Crippen molar-refractivity contribution in [1.82, 2.24) is 4.31 Å². The predicted molar refractivity (Wildman–Crippen MR) is 104 cm³/mol. The number of amidine groups is 1. The lowest BCUT2D eigenvalue weighted by atomic mass is 10.2. The molecule has 0 aliphatic heterocycles. The van der Waals surface area contributed by atoms with E-state index in [4.69, 9.17) is 22.2 Å². The van der Waals surface area contributed by atoms with E-state index in [1.54, 1.807) is 30.3 Å². The number of carbonyl (C=O) groups is 1. The number of carbonyl (C=O) groups excluding carboxylic acids is 1. The van der Waals surface area contributed by atoms with Crippen molar-refractivity contribution in [1.29, 1.82) is 0 Å². The van der Waals surface area contributed by atoms with Crippen LogP contribution in [0.3, 0.4) is 0 Å². The van der Waals surface area contributed by atoms with Gasteiger partial charge in [-0.1, -0.05) is 35.0 Å². The van der Waals surface area contributed by atoms with Gasteiger partial charge in [-0.05, 0) is 30.3 Å². The molecular formula is C17H19ClN4O4S. The van der Waals surface area contributed by atoms with E-state index in [1.807, 2.05) is 0 Å². The van der Waals surface area contributed by atoms with Gasteiger partial charge >= 0.3 is 0 Å². The number of nitrogens with zero attached hydrogens (tertiary/aromatic N) is 2. The van der Waals surface area contributed by atoms with Crippen molar-refractivity contribution in [2.24, 2.45) is 10.9 Å². The number of hydrogen-bond acceptors (Lipinski definition) is 5. The average Bonchev–Trinajstić information content (AvgIpc) is 2.61. The van der Waals surface area contributed by atoms with Gasteiger partial charge in [0.15, 0.2) is 12.4 Å². The fourth-order valence-electron chi connectivity index (χ4n) is 2.00. The van der Waals surface area contributed by atoms with E-state index < -0.39 is 22.5 Å². The SMILES string of the molecule is CN(C)S(=O)(=O)c1cccc(NC(=O)CO/N=C(/N)c2cccc(Cl)c2)c1. The van der Waals surface area contributed by atoms with Crippen LogP contribution in [-0.4, -0.2) is 45.2 Å². The Balaban J connectivity index is 1.97. The Bertz CT molecular complexity index is 961. The Morgan fingerprint density at radius 3 is 2.59 bits per heavy atom. The number of benzene rings is 2. The zero-order valence-corrected chi connectivity index (χ0v) is 16.3. The molecule has 0 spiro atoms. The van der Waals surface area contributed by atoms with Crippen molar-refractivity contribution >= 4 is 39.1 Å². The Labute approximate surface area is 162 Å². The highest BCUT2D eigenvalue weighted by Crippen LogP contribution is 2.18. The molecule has 2 aromatic rings. The second-order valence-electron chi connectivity index (χ2n) is 5.62. The van der Waals surface area contributed by atoms with Gasteiger partial charge in [-0.15, -0.1) is 0 Å². The topological polar surface area (TPSA) is 114 Å². The van der Waals surface area contributed by atoms with E-state index in [0.29, 0.717) is 16.3 Å². The lowest BCUT2D eigenvalue weighted by Gasteiger charge is -2.12. The van der Waals surface area contributed by atoms with E-state index in [0.717, 1.165) is 4.31 Å². The third-order valence-electron chi connectivity index (χ3n) is 3.38. The van der Waals surface area contributed by atoms with Crippen LogP contribution in [0.2, 0.25) is 5.02 Å². The molecule has 8 nitrogen and oxygen atoms in total. The van der Waals surface area contributed by atoms with Crippen LogP contribution >= 0.6 is 11.6 Å². The van der Waals surface area contributed by atoms with Crippen LogP contribution in [0.15, 0.2) is 58.6 Å². The first kappa shape index (κ1) is 20.7. The van der Waals surface area contributed by atoms with Crippen LogP contribution in [0.4, 0.5) is 5.69 Å². The van der Waals surface area contributed by atoms with Gasteiger partial charge in [0.1, 0.15) is 0 Å². The fourth-order valence-corrected chi connectivity index (χ4v) is 3.14. The molecule has 2 aromatic carbocycles. The summed E-state index contributed by atoms with van der Waals surface area (Å²) in [5.41, 5.74) is 6.64. The largest absolute Gasteiger partial charge is 0.384 e. The summed E-state index contributed by atoms with van der Waals surface area (Å²) in [5.74, 6) is -0.443. The molecule has 0 aliphatic rings. The van der Waals surface area contributed by atoms with Crippen LogP contribution in [0, 0.1) is 0 Å². The number of nitrogens with one attached hydrogen (secondary N) is 1. The Kier molecular flexibility index (Phi) is 6.78. The van der Waals surface area contributed by atoms with E-state index in [2.05, 4.69) is 10.5 Å². The van der Waals surface area contributed by atoms with Crippen LogP contribution in [0.5, 0.6) is 0 Å². The third-order valence-corrected chi connectivity index (χ3v) is 5.42. The average molecular weight is 411 g/mol. The van der Waals surface area contributed by atoms with Crippen molar-refractivity contribution in [2.75, 3.05) is 26.0 Å². The highest BCUT2D eigenvalue weighted by atomic mass is 35.5. The second-order valence-corrected chi connectivity index (χ2v) is 8.21. The molecule has 0 atom stereocenters. The summed E-state index contributed by atoms with van der Waals surface area (Å²) in [5, 5.41) is 6.70. The maximum Gasteiger partial charge on any atom is 0.265 e. The van der Waals surface area contributed by atoms with Crippen LogP contribution in [0.25, 0.3) is 0 Å². The van der Waals surface area contributed by atoms with Crippen molar-refractivity contribution in [2.45, 2.75) is 4.90 Å². The minimum Gasteiger partial charge on any atom is -0.384 e. The van der Waals surface area contributed by atoms with Crippen molar-refractivity contribution < 1.29 is 18.0 Å². The summed E-state index contributed by atoms with van der Waals surface area (Å²) in [6.07, 6.45) is 0. The minimum absolute atomic E-state index is 0.0643. The molecule has 0 aliphatic carbocycles. The molecule has 27 heavy (non-hydrogen) atoms. The quantitative estimate of drug-likeness (QED) is 0.411. The maximum absolute atomic E-state index is 12.1. The third kappa shape index (κ3) is 5.68. The molecule has 3 N–H and O–H groups in total. The number of oxime groups is 1. The van der Waals surface area contributed by atoms with Gasteiger partial charge in [-0.3, -0.25) is 4.79 Å². The Hall–Kier alpha value is -2.62. The van der Waals surface area contributed by atoms with Gasteiger partial charge in [0.2, 0.25) is 10.0 Å². The predicted octanol–water partition coefficient (Wildman–Crippen LogP) is 1.87. The van der Waals surface area contributed by atoms with Crippen molar-refractivity contribution in [3.05, 3.63) is 59.1 Å². The van der Waals surface area contributed by atoms with Gasteiger partial charge in [-0.2, -0.15) is 0 Å². The summed E-state index contributed by atoms with van der Waals surface area (Å²) in [6.45, 7) is -0.397. The normalized spacial score (nSPS) is 12.1. The maximum atomic E-state index is 12.1. The van der Waals surface area contributed by atoms with Crippen molar-refractivity contribution in [3.8, 4) is 0 Å². The molecule has 144 valence electrons. The molecule has 0 saturated heterocycles. The zero-order valence-electron chi connectivity index (χ0n) is 14.7. The molecule has 1 amide bonds. The molecule has 0 bridgehead atoms. The fraction of sp³-hybridized carbons (Fsp3) is 0.176. The summed E-state index contributed by atoms with van der Waals surface area (Å²) in [4.78, 5) is 17.0. The van der Waals surface area contributed by atoms with E-state index in [1.165, 1.54) is 32.3 Å². The van der Waals surface area contributed by atoms with Crippen LogP contribution in [-0.2, 0) is 19.7 Å². The van der Waals surface area contributed by atoms with Crippen LogP contribution in [0.1, 0.15) is 5.56 Å². The second kappa shape index (κ2) is 8.85. The smallest absolute Gasteiger partial charge is 0.265 e. The molecule has 0 unspecified atom stereocenters. The monoisotopic (exact) mass is 410 g/mol. The number of amides is 1. The zero-order chi connectivity index (χ0) is 20.0. The van der Waals surface area contributed by atoms with E-state index in [9.17, 15) is 13.2 Å². The highest BCUT2D eigenvalue weighted by Gasteiger charge is 2.17. The number of rotatable bonds is 7. The number of hydrogen-bond donors (Lipinski definition) is 2. The van der Waals surface area contributed by atoms with Gasteiger partial charge in [0.25, 0.3) is 5.91 Å². The standard InChI is InChI=1S/C17H19ClN4O4S/c1-22(2)27(24,25)15-8-4-7-14(10-15)20-16(23)11-26-21-17(19)12-5-3-6-13(18)9-12/h3-10H,11H2,1-2H3,(H2,19,21)(H,20,23). The lowest BCUT2D eigenvalue weighted by Crippen LogP contribution is -2.23. The summed E-state index contributed by atoms with van der Waals surface area (Å²) in [6, 6.07) is 12.6. The molecule has 10 heteroatoms. The number of sulfonamides is 1. The van der Waals surface area contributed by atoms with Gasteiger partial charge < -0.3 is 15.9 Å². The lowest BCUT2D eigenvalue weighted by molar-refractivity contribution is -0.120. The number of anilines is 1. The molecule has 0 heterocycles. The highest BCUT2D eigenvalue weighted by molar-refractivity contribution is 7.89. The van der Waals surface area contributed by atoms with Gasteiger partial charge in [0.05, 0.1) is 4.90 Å². The van der Waals surface area contributed by atoms with Gasteiger partial charge in [-0.25, -0.2) is 12.7 Å². The summed E-state index contributed by atoms with van der Waals surface area (Å²) < 4.78 is 25.3. The van der Waals surface area contributed by atoms with Crippen molar-refractivity contribution in [3.63, 3.8) is 0 Å². The Morgan fingerprint density at radius 2 is 1.93 bits per heavy atom. The molecular weight excluding hydrogens is 392 g/mol. The first-order valence-corrected chi connectivity index (χ1v) is 9.56. The minimum atomic E-state index is -3.60. The van der Waals surface area contributed by atoms with E-state index >= 15 is 0 Å². The Morgan fingerprint density at radius 1 is 1.22 bits per heavy atom. The summed E-state index contributed by atoms with van der Waals surface area (Å²) in [7, 11) is -0.741. The molecule has 0 saturated carbocycles. The van der Waals surface area contributed by atoms with E-state index in [-0.39, 0.29) is 10.7 Å². The molecule has 0 radical (unpaired) electrons. The molecule has 0 fully saturated rings. The first-order chi connectivity index (χ1) is 12.7. The molecule has 0 aromatic heterocycles. The number of nitrogens with two attached hydrogens (primary N) is 1. The number of halogens is 1. The van der Waals surface area contributed by atoms with Gasteiger partial charge in [0, 0.05) is 30.4 Å². The first-order valence-electron chi connectivity index (χ1n) is 7.74. The van der Waals surface area contributed by atoms with Crippen LogP contribution < -0.4 is 11.1 Å². The summed E-state index contributed by atoms with van der Waals surface area (Å²) >= 11 is 5.87. The molecule has 2 rings (SSSR count).